The van der Waals surface area contributed by atoms with Crippen LogP contribution in [-0.4, -0.2) is 18.2 Å². The largest absolute Gasteiger partial charge is 0.435 e. The molecule has 0 unspecified atom stereocenters. The molecule has 26 heavy (non-hydrogen) atoms. The number of hydrogen-bond donors (Lipinski definition) is 1. The highest BCUT2D eigenvalue weighted by molar-refractivity contribution is 7.89. The van der Waals surface area contributed by atoms with Crippen LogP contribution in [0.25, 0.3) is 16.9 Å². The molecule has 1 aromatic heterocycles. The topological polar surface area (TPSA) is 78.0 Å². The van der Waals surface area contributed by atoms with Gasteiger partial charge in [-0.25, -0.2) is 22.6 Å². The number of nitrogens with two attached hydrogens (primary N) is 1. The SMILES string of the molecule is NS(=O)(=O)c1ccccc1-n1nc(C(F)(F)F)cc1-c1cccc(F)c1. The van der Waals surface area contributed by atoms with Gasteiger partial charge >= 0.3 is 6.18 Å². The van der Waals surface area contributed by atoms with Gasteiger partial charge in [-0.15, -0.1) is 0 Å². The van der Waals surface area contributed by atoms with Gasteiger partial charge < -0.3 is 0 Å². The van der Waals surface area contributed by atoms with Gasteiger partial charge in [0.25, 0.3) is 0 Å². The first-order valence-corrected chi connectivity index (χ1v) is 8.67. The molecule has 0 spiro atoms. The first kappa shape index (κ1) is 18.1. The van der Waals surface area contributed by atoms with E-state index in [9.17, 15) is 26.0 Å². The number of nitrogens with zero attached hydrogens (tertiary/aromatic N) is 2. The summed E-state index contributed by atoms with van der Waals surface area (Å²) in [5.41, 5.74) is -1.46. The summed E-state index contributed by atoms with van der Waals surface area (Å²) in [6.45, 7) is 0. The van der Waals surface area contributed by atoms with Crippen LogP contribution in [0.4, 0.5) is 17.6 Å². The van der Waals surface area contributed by atoms with Crippen LogP contribution in [0.2, 0.25) is 0 Å². The van der Waals surface area contributed by atoms with Crippen molar-refractivity contribution < 1.29 is 26.0 Å². The zero-order valence-electron chi connectivity index (χ0n) is 12.9. The summed E-state index contributed by atoms with van der Waals surface area (Å²) < 4.78 is 77.3. The number of hydrogen-bond acceptors (Lipinski definition) is 3. The molecule has 0 bridgehead atoms. The van der Waals surface area contributed by atoms with Crippen molar-refractivity contribution in [3.63, 3.8) is 0 Å². The molecule has 3 aromatic rings. The third kappa shape index (κ3) is 3.46. The van der Waals surface area contributed by atoms with E-state index in [0.29, 0.717) is 6.07 Å². The maximum absolute atomic E-state index is 13.5. The summed E-state index contributed by atoms with van der Waals surface area (Å²) in [5, 5.41) is 8.63. The first-order valence-electron chi connectivity index (χ1n) is 7.13. The van der Waals surface area contributed by atoms with Gasteiger partial charge in [0.1, 0.15) is 10.7 Å². The van der Waals surface area contributed by atoms with Crippen molar-refractivity contribution in [2.75, 3.05) is 0 Å². The Morgan fingerprint density at radius 2 is 1.69 bits per heavy atom. The fourth-order valence-electron chi connectivity index (χ4n) is 2.43. The average molecular weight is 385 g/mol. The van der Waals surface area contributed by atoms with Crippen molar-refractivity contribution in [1.29, 1.82) is 0 Å². The Kier molecular flexibility index (Phi) is 4.32. The molecule has 0 fully saturated rings. The highest BCUT2D eigenvalue weighted by Gasteiger charge is 2.35. The minimum Gasteiger partial charge on any atom is -0.231 e. The summed E-state index contributed by atoms with van der Waals surface area (Å²) in [6, 6.07) is 10.8. The highest BCUT2D eigenvalue weighted by Crippen LogP contribution is 2.34. The fourth-order valence-corrected chi connectivity index (χ4v) is 3.14. The summed E-state index contributed by atoms with van der Waals surface area (Å²) in [4.78, 5) is -0.408. The normalized spacial score (nSPS) is 12.3. The third-order valence-electron chi connectivity index (χ3n) is 3.52. The number of sulfonamides is 1. The lowest BCUT2D eigenvalue weighted by Gasteiger charge is -2.11. The van der Waals surface area contributed by atoms with Crippen LogP contribution in [0.3, 0.4) is 0 Å². The number of primary sulfonamides is 1. The molecule has 0 radical (unpaired) electrons. The van der Waals surface area contributed by atoms with Gasteiger partial charge in [-0.3, -0.25) is 0 Å². The number of alkyl halides is 3. The van der Waals surface area contributed by atoms with Crippen LogP contribution in [0.5, 0.6) is 0 Å². The second-order valence-corrected chi connectivity index (χ2v) is 6.88. The standard InChI is InChI=1S/C16H11F4N3O2S/c17-11-5-3-4-10(8-11)13-9-15(16(18,19)20)22-23(13)12-6-1-2-7-14(12)26(21,24)25/h1-9H,(H2,21,24,25). The summed E-state index contributed by atoms with van der Waals surface area (Å²) in [5.74, 6) is -0.663. The number of aromatic nitrogens is 2. The molecule has 0 aliphatic carbocycles. The van der Waals surface area contributed by atoms with E-state index < -0.39 is 32.6 Å². The Hall–Kier alpha value is -2.72. The molecule has 0 atom stereocenters. The van der Waals surface area contributed by atoms with Crippen LogP contribution in [0.1, 0.15) is 5.69 Å². The maximum atomic E-state index is 13.5. The van der Waals surface area contributed by atoms with Gasteiger partial charge in [0.2, 0.25) is 10.0 Å². The van der Waals surface area contributed by atoms with Crippen molar-refractivity contribution in [2.24, 2.45) is 5.14 Å². The van der Waals surface area contributed by atoms with Crippen LogP contribution < -0.4 is 5.14 Å². The molecular formula is C16H11F4N3O2S. The van der Waals surface area contributed by atoms with E-state index in [1.807, 2.05) is 0 Å². The maximum Gasteiger partial charge on any atom is 0.435 e. The molecule has 0 amide bonds. The monoisotopic (exact) mass is 385 g/mol. The predicted octanol–water partition coefficient (Wildman–Crippen LogP) is 3.34. The summed E-state index contributed by atoms with van der Waals surface area (Å²) in [6.07, 6.45) is -4.77. The molecule has 0 saturated heterocycles. The number of para-hydroxylation sites is 1. The van der Waals surface area contributed by atoms with Gasteiger partial charge in [0, 0.05) is 5.56 Å². The van der Waals surface area contributed by atoms with E-state index in [0.717, 1.165) is 22.9 Å². The number of halogens is 4. The van der Waals surface area contributed by atoms with Crippen molar-refractivity contribution in [3.8, 4) is 16.9 Å². The molecule has 136 valence electrons. The Labute approximate surface area is 145 Å². The zero-order chi connectivity index (χ0) is 19.1. The Bertz CT molecular complexity index is 1080. The van der Waals surface area contributed by atoms with Gasteiger partial charge in [0.15, 0.2) is 5.69 Å². The predicted molar refractivity (Wildman–Crippen MR) is 85.3 cm³/mol. The van der Waals surface area contributed by atoms with Crippen molar-refractivity contribution in [2.45, 2.75) is 11.1 Å². The minimum atomic E-state index is -4.77. The van der Waals surface area contributed by atoms with E-state index in [2.05, 4.69) is 5.10 Å². The summed E-state index contributed by atoms with van der Waals surface area (Å²) >= 11 is 0. The van der Waals surface area contributed by atoms with E-state index in [4.69, 9.17) is 5.14 Å². The minimum absolute atomic E-state index is 0.0947. The zero-order valence-corrected chi connectivity index (χ0v) is 13.7. The van der Waals surface area contributed by atoms with E-state index >= 15 is 0 Å². The van der Waals surface area contributed by atoms with Crippen molar-refractivity contribution >= 4 is 10.0 Å². The van der Waals surface area contributed by atoms with E-state index in [1.165, 1.54) is 30.3 Å². The number of rotatable bonds is 3. The molecular weight excluding hydrogens is 374 g/mol. The first-order chi connectivity index (χ1) is 12.1. The molecule has 10 heteroatoms. The van der Waals surface area contributed by atoms with Crippen LogP contribution >= 0.6 is 0 Å². The Balaban J connectivity index is 2.34. The average Bonchev–Trinajstić information content (AvgIpc) is 2.99. The Morgan fingerprint density at radius 3 is 2.31 bits per heavy atom. The molecule has 1 heterocycles. The Morgan fingerprint density at radius 1 is 1.00 bits per heavy atom. The van der Waals surface area contributed by atoms with Crippen LogP contribution in [-0.2, 0) is 16.2 Å². The molecule has 5 nitrogen and oxygen atoms in total. The van der Waals surface area contributed by atoms with Gasteiger partial charge in [-0.1, -0.05) is 24.3 Å². The quantitative estimate of drug-likeness (QED) is 0.703. The fraction of sp³-hybridized carbons (Fsp3) is 0.0625. The molecule has 3 rings (SSSR count). The van der Waals surface area contributed by atoms with Crippen molar-refractivity contribution in [3.05, 3.63) is 66.1 Å². The second kappa shape index (κ2) is 6.22. The number of benzene rings is 2. The van der Waals surface area contributed by atoms with Gasteiger partial charge in [-0.2, -0.15) is 18.3 Å². The van der Waals surface area contributed by atoms with Gasteiger partial charge in [-0.05, 0) is 30.3 Å². The third-order valence-corrected chi connectivity index (χ3v) is 4.48. The van der Waals surface area contributed by atoms with E-state index in [1.54, 1.807) is 0 Å². The molecule has 0 saturated carbocycles. The smallest absolute Gasteiger partial charge is 0.231 e. The van der Waals surface area contributed by atoms with Crippen LogP contribution in [0.15, 0.2) is 59.5 Å². The molecule has 2 N–H and O–H groups in total. The van der Waals surface area contributed by atoms with Crippen molar-refractivity contribution in [1.82, 2.24) is 9.78 Å². The molecule has 2 aromatic carbocycles. The molecule has 0 aliphatic rings. The molecule has 0 aliphatic heterocycles. The van der Waals surface area contributed by atoms with Crippen LogP contribution in [0, 0.1) is 5.82 Å². The van der Waals surface area contributed by atoms with E-state index in [-0.39, 0.29) is 16.9 Å². The lowest BCUT2D eigenvalue weighted by atomic mass is 10.1. The lowest BCUT2D eigenvalue weighted by molar-refractivity contribution is -0.141. The second-order valence-electron chi connectivity index (χ2n) is 5.35. The summed E-state index contributed by atoms with van der Waals surface area (Å²) in [7, 11) is -4.23. The lowest BCUT2D eigenvalue weighted by Crippen LogP contribution is -2.16. The van der Waals surface area contributed by atoms with Gasteiger partial charge in [0.05, 0.1) is 11.4 Å². The highest BCUT2D eigenvalue weighted by atomic mass is 32.2.